The van der Waals surface area contributed by atoms with E-state index in [4.69, 9.17) is 5.73 Å². The summed E-state index contributed by atoms with van der Waals surface area (Å²) in [5.74, 6) is 2.13. The maximum Gasteiger partial charge on any atom is 0.223 e. The van der Waals surface area contributed by atoms with Gasteiger partial charge in [0.05, 0.1) is 5.41 Å². The molecule has 0 radical (unpaired) electrons. The zero-order valence-corrected chi connectivity index (χ0v) is 12.4. The van der Waals surface area contributed by atoms with Gasteiger partial charge in [-0.15, -0.1) is 0 Å². The molecular weight excluding hydrogens is 246 g/mol. The van der Waals surface area contributed by atoms with Gasteiger partial charge in [-0.1, -0.05) is 23.8 Å². The first-order valence-corrected chi connectivity index (χ1v) is 8.16. The fourth-order valence-corrected chi connectivity index (χ4v) is 6.24. The Morgan fingerprint density at radius 2 is 1.95 bits per heavy atom. The molecule has 5 aliphatic carbocycles. The van der Waals surface area contributed by atoms with Gasteiger partial charge in [0.1, 0.15) is 0 Å². The van der Waals surface area contributed by atoms with Gasteiger partial charge in [0.2, 0.25) is 5.91 Å². The Labute approximate surface area is 121 Å². The van der Waals surface area contributed by atoms with Crippen LogP contribution in [0.2, 0.25) is 0 Å². The van der Waals surface area contributed by atoms with Crippen LogP contribution in [0.4, 0.5) is 0 Å². The van der Waals surface area contributed by atoms with Crippen LogP contribution in [0.15, 0.2) is 23.8 Å². The number of rotatable bonds is 2. The average molecular weight is 271 g/mol. The Morgan fingerprint density at radius 3 is 2.50 bits per heavy atom. The molecule has 0 heterocycles. The number of hydrogen-bond donors (Lipinski definition) is 1. The lowest BCUT2D eigenvalue weighted by Gasteiger charge is -2.63. The van der Waals surface area contributed by atoms with E-state index >= 15 is 0 Å². The lowest BCUT2D eigenvalue weighted by molar-refractivity contribution is -0.159. The molecule has 0 aromatic rings. The highest BCUT2D eigenvalue weighted by Gasteiger charge is 2.61. The summed E-state index contributed by atoms with van der Waals surface area (Å²) in [5, 5.41) is 0. The minimum Gasteiger partial charge on any atom is -0.369 e. The van der Waals surface area contributed by atoms with Crippen molar-refractivity contribution in [1.82, 2.24) is 0 Å². The quantitative estimate of drug-likeness (QED) is 0.819. The topological polar surface area (TPSA) is 43.1 Å². The minimum absolute atomic E-state index is 0.0116. The van der Waals surface area contributed by atoms with Crippen molar-refractivity contribution in [3.63, 3.8) is 0 Å². The number of primary amides is 1. The summed E-state index contributed by atoms with van der Waals surface area (Å²) in [6.45, 7) is 2.18. The van der Waals surface area contributed by atoms with Crippen molar-refractivity contribution in [3.05, 3.63) is 23.8 Å². The predicted molar refractivity (Wildman–Crippen MR) is 79.7 cm³/mol. The molecule has 4 fully saturated rings. The highest BCUT2D eigenvalue weighted by atomic mass is 16.1. The summed E-state index contributed by atoms with van der Waals surface area (Å²) in [4.78, 5) is 12.1. The van der Waals surface area contributed by atoms with Crippen LogP contribution in [0.3, 0.4) is 0 Å². The van der Waals surface area contributed by atoms with E-state index in [0.29, 0.717) is 11.3 Å². The summed E-state index contributed by atoms with van der Waals surface area (Å²) in [5.41, 5.74) is 7.43. The van der Waals surface area contributed by atoms with Gasteiger partial charge >= 0.3 is 0 Å². The molecule has 3 unspecified atom stereocenters. The van der Waals surface area contributed by atoms with Gasteiger partial charge in [-0.3, -0.25) is 4.79 Å². The second kappa shape index (κ2) is 3.99. The monoisotopic (exact) mass is 271 g/mol. The van der Waals surface area contributed by atoms with Crippen molar-refractivity contribution in [2.24, 2.45) is 34.3 Å². The molecule has 0 aromatic heterocycles. The second-order valence-electron chi connectivity index (χ2n) is 8.12. The van der Waals surface area contributed by atoms with Crippen molar-refractivity contribution in [2.75, 3.05) is 0 Å². The molecule has 20 heavy (non-hydrogen) atoms. The molecule has 0 aliphatic heterocycles. The zero-order valence-electron chi connectivity index (χ0n) is 12.4. The average Bonchev–Trinajstić information content (AvgIpc) is 2.37. The van der Waals surface area contributed by atoms with Gasteiger partial charge in [0.25, 0.3) is 0 Å². The zero-order chi connectivity index (χ0) is 14.0. The van der Waals surface area contributed by atoms with Crippen LogP contribution in [-0.2, 0) is 4.79 Å². The number of amides is 1. The first-order valence-electron chi connectivity index (χ1n) is 8.16. The Balaban J connectivity index is 1.69. The molecule has 5 aliphatic rings. The summed E-state index contributed by atoms with van der Waals surface area (Å²) < 4.78 is 0. The van der Waals surface area contributed by atoms with Crippen LogP contribution in [0.25, 0.3) is 0 Å². The summed E-state index contributed by atoms with van der Waals surface area (Å²) >= 11 is 0. The number of carbonyl (C=O) groups excluding carboxylic acids is 1. The summed E-state index contributed by atoms with van der Waals surface area (Å²) in [6.07, 6.45) is 15.5. The van der Waals surface area contributed by atoms with Crippen LogP contribution in [0.1, 0.15) is 51.9 Å². The molecular formula is C18H25NO. The Morgan fingerprint density at radius 1 is 1.25 bits per heavy atom. The van der Waals surface area contributed by atoms with E-state index in [-0.39, 0.29) is 11.3 Å². The van der Waals surface area contributed by atoms with E-state index in [9.17, 15) is 4.79 Å². The first kappa shape index (κ1) is 12.7. The third kappa shape index (κ3) is 1.66. The fraction of sp³-hybridized carbons (Fsp3) is 0.722. The molecule has 108 valence electrons. The molecule has 5 rings (SSSR count). The lowest BCUT2D eigenvalue weighted by atomic mass is 9.41. The molecule has 3 atom stereocenters. The van der Waals surface area contributed by atoms with Crippen molar-refractivity contribution >= 4 is 5.91 Å². The maximum absolute atomic E-state index is 12.1. The molecule has 2 N–H and O–H groups in total. The Hall–Kier alpha value is -1.05. The van der Waals surface area contributed by atoms with E-state index in [1.165, 1.54) is 24.8 Å². The van der Waals surface area contributed by atoms with Crippen LogP contribution in [-0.4, -0.2) is 5.91 Å². The largest absolute Gasteiger partial charge is 0.369 e. The van der Waals surface area contributed by atoms with Crippen molar-refractivity contribution < 1.29 is 4.79 Å². The molecule has 0 spiro atoms. The van der Waals surface area contributed by atoms with E-state index in [2.05, 4.69) is 25.2 Å². The van der Waals surface area contributed by atoms with Crippen LogP contribution in [0, 0.1) is 28.6 Å². The number of allylic oxidation sites excluding steroid dienone is 4. The van der Waals surface area contributed by atoms with E-state index in [1.807, 2.05) is 0 Å². The maximum atomic E-state index is 12.1. The van der Waals surface area contributed by atoms with Crippen molar-refractivity contribution in [2.45, 2.75) is 51.9 Å². The molecule has 4 bridgehead atoms. The van der Waals surface area contributed by atoms with Gasteiger partial charge in [0.15, 0.2) is 0 Å². The number of carbonyl (C=O) groups is 1. The summed E-state index contributed by atoms with van der Waals surface area (Å²) in [7, 11) is 0. The molecule has 0 aromatic carbocycles. The van der Waals surface area contributed by atoms with Crippen LogP contribution in [0.5, 0.6) is 0 Å². The van der Waals surface area contributed by atoms with E-state index < -0.39 is 0 Å². The molecule has 4 saturated carbocycles. The molecule has 2 nitrogen and oxygen atoms in total. The Bertz CT molecular complexity index is 502. The van der Waals surface area contributed by atoms with Gasteiger partial charge < -0.3 is 5.73 Å². The Kier molecular flexibility index (Phi) is 2.53. The van der Waals surface area contributed by atoms with Crippen LogP contribution >= 0.6 is 0 Å². The molecule has 2 heteroatoms. The van der Waals surface area contributed by atoms with Crippen molar-refractivity contribution in [3.8, 4) is 0 Å². The third-order valence-corrected chi connectivity index (χ3v) is 6.70. The normalized spacial score (nSPS) is 49.2. The lowest BCUT2D eigenvalue weighted by Crippen LogP contribution is -2.58. The van der Waals surface area contributed by atoms with Gasteiger partial charge in [-0.05, 0) is 75.0 Å². The van der Waals surface area contributed by atoms with E-state index in [0.717, 1.165) is 37.5 Å². The SMILES string of the molecule is CC1=CCC(C23CC4CC(CC(C(N)=O)(C4)C2)C3)C=C1. The fourth-order valence-electron chi connectivity index (χ4n) is 6.24. The second-order valence-corrected chi connectivity index (χ2v) is 8.12. The number of nitrogens with two attached hydrogens (primary N) is 1. The highest BCUT2D eigenvalue weighted by molar-refractivity contribution is 5.81. The first-order chi connectivity index (χ1) is 9.51. The molecule has 0 saturated heterocycles. The standard InChI is InChI=1S/C18H25NO/c1-12-2-4-15(5-3-12)17-7-13-6-14(8-17)10-18(9-13,11-17)16(19)20/h2-4,13-15H,5-11H2,1H3,(H2,19,20). The summed E-state index contributed by atoms with van der Waals surface area (Å²) in [6, 6.07) is 0. The van der Waals surface area contributed by atoms with Crippen LogP contribution < -0.4 is 5.73 Å². The van der Waals surface area contributed by atoms with E-state index in [1.54, 1.807) is 0 Å². The number of hydrogen-bond acceptors (Lipinski definition) is 1. The third-order valence-electron chi connectivity index (χ3n) is 6.70. The van der Waals surface area contributed by atoms with Gasteiger partial charge in [-0.25, -0.2) is 0 Å². The highest BCUT2D eigenvalue weighted by Crippen LogP contribution is 2.68. The van der Waals surface area contributed by atoms with Crippen molar-refractivity contribution in [1.29, 1.82) is 0 Å². The minimum atomic E-state index is -0.159. The van der Waals surface area contributed by atoms with Gasteiger partial charge in [-0.2, -0.15) is 0 Å². The smallest absolute Gasteiger partial charge is 0.223 e. The van der Waals surface area contributed by atoms with Gasteiger partial charge in [0, 0.05) is 0 Å². The molecule has 1 amide bonds. The predicted octanol–water partition coefficient (Wildman–Crippen LogP) is 3.58.